The Hall–Kier alpha value is -3.32. The van der Waals surface area contributed by atoms with Crippen molar-refractivity contribution < 1.29 is 27.8 Å². The van der Waals surface area contributed by atoms with E-state index in [0.717, 1.165) is 25.7 Å². The summed E-state index contributed by atoms with van der Waals surface area (Å²) in [5, 5.41) is 9.14. The van der Waals surface area contributed by atoms with Gasteiger partial charge >= 0.3 is 5.97 Å². The summed E-state index contributed by atoms with van der Waals surface area (Å²) in [6.45, 7) is 0. The van der Waals surface area contributed by atoms with E-state index in [1.54, 1.807) is 6.07 Å². The van der Waals surface area contributed by atoms with Crippen LogP contribution in [0.4, 0.5) is 0 Å². The summed E-state index contributed by atoms with van der Waals surface area (Å²) in [6.07, 6.45) is 5.05. The number of methoxy groups -OCH3 is 2. The molecule has 3 aromatic carbocycles. The van der Waals surface area contributed by atoms with Gasteiger partial charge in [-0.05, 0) is 61.8 Å². The molecule has 7 heteroatoms. The molecule has 38 heavy (non-hydrogen) atoms. The normalized spacial score (nSPS) is 13.0. The largest absolute Gasteiger partial charge is 0.493 e. The van der Waals surface area contributed by atoms with Gasteiger partial charge in [0, 0.05) is 6.07 Å². The van der Waals surface area contributed by atoms with Crippen molar-refractivity contribution >= 4 is 15.8 Å². The molecule has 2 atom stereocenters. The predicted molar refractivity (Wildman–Crippen MR) is 150 cm³/mol. The molecular weight excluding hydrogens is 500 g/mol. The lowest BCUT2D eigenvalue weighted by Gasteiger charge is -2.25. The van der Waals surface area contributed by atoms with Crippen molar-refractivity contribution in [1.29, 1.82) is 0 Å². The minimum atomic E-state index is -3.95. The van der Waals surface area contributed by atoms with E-state index in [2.05, 4.69) is 0 Å². The molecule has 0 spiro atoms. The number of hydrogen-bond acceptors (Lipinski definition) is 5. The van der Waals surface area contributed by atoms with Crippen LogP contribution in [0.15, 0.2) is 83.8 Å². The minimum absolute atomic E-state index is 0.0544. The third kappa shape index (κ3) is 8.09. The van der Waals surface area contributed by atoms with Crippen LogP contribution in [0, 0.1) is 5.92 Å². The van der Waals surface area contributed by atoms with Crippen molar-refractivity contribution in [3.05, 3.63) is 90.0 Å². The van der Waals surface area contributed by atoms with E-state index < -0.39 is 27.0 Å². The lowest BCUT2D eigenvalue weighted by Crippen LogP contribution is -2.35. The van der Waals surface area contributed by atoms with Gasteiger partial charge in [-0.25, -0.2) is 8.42 Å². The highest BCUT2D eigenvalue weighted by molar-refractivity contribution is 7.92. The zero-order valence-electron chi connectivity index (χ0n) is 22.2. The van der Waals surface area contributed by atoms with Crippen LogP contribution in [0.3, 0.4) is 0 Å². The Labute approximate surface area is 226 Å². The summed E-state index contributed by atoms with van der Waals surface area (Å²) in [7, 11) is -1.02. The van der Waals surface area contributed by atoms with E-state index >= 15 is 0 Å². The van der Waals surface area contributed by atoms with E-state index in [1.807, 2.05) is 60.7 Å². The number of rotatable bonds is 16. The first-order chi connectivity index (χ1) is 18.4. The molecule has 6 nitrogen and oxygen atoms in total. The van der Waals surface area contributed by atoms with Crippen LogP contribution >= 0.6 is 0 Å². The van der Waals surface area contributed by atoms with Gasteiger partial charge in [-0.2, -0.15) is 0 Å². The lowest BCUT2D eigenvalue weighted by molar-refractivity contribution is -0.142. The molecule has 0 heterocycles. The summed E-state index contributed by atoms with van der Waals surface area (Å²) in [5.74, 6) is -1.35. The topological polar surface area (TPSA) is 89.9 Å². The number of ether oxygens (including phenoxy) is 2. The summed E-state index contributed by atoms with van der Waals surface area (Å²) < 4.78 is 38.4. The highest BCUT2D eigenvalue weighted by Crippen LogP contribution is 2.35. The number of benzene rings is 3. The van der Waals surface area contributed by atoms with Crippen LogP contribution in [0.1, 0.15) is 49.7 Å². The maximum atomic E-state index is 13.9. The van der Waals surface area contributed by atoms with Crippen molar-refractivity contribution in [1.82, 2.24) is 0 Å². The second kappa shape index (κ2) is 14.6. The molecule has 3 rings (SSSR count). The number of hydrogen-bond donors (Lipinski definition) is 1. The van der Waals surface area contributed by atoms with Crippen molar-refractivity contribution in [2.45, 2.75) is 61.5 Å². The molecule has 0 radical (unpaired) electrons. The van der Waals surface area contributed by atoms with E-state index in [0.29, 0.717) is 30.8 Å². The first kappa shape index (κ1) is 29.2. The van der Waals surface area contributed by atoms with Gasteiger partial charge < -0.3 is 14.6 Å². The first-order valence-electron chi connectivity index (χ1n) is 13.1. The van der Waals surface area contributed by atoms with E-state index in [9.17, 15) is 18.3 Å². The number of unbranched alkanes of at least 4 members (excludes halogenated alkanes) is 2. The molecule has 0 saturated heterocycles. The Morgan fingerprint density at radius 1 is 0.737 bits per heavy atom. The van der Waals surface area contributed by atoms with Crippen molar-refractivity contribution in [3.8, 4) is 11.5 Å². The maximum absolute atomic E-state index is 13.9. The summed E-state index contributed by atoms with van der Waals surface area (Å²) in [4.78, 5) is 12.5. The minimum Gasteiger partial charge on any atom is -0.493 e. The van der Waals surface area contributed by atoms with Crippen LogP contribution < -0.4 is 9.47 Å². The molecule has 204 valence electrons. The first-order valence-corrected chi connectivity index (χ1v) is 14.7. The SMILES string of the molecule is COc1ccc(S(=O)(=O)C(CCCCc2ccccc2)C(CCCCc2ccccc2)C(=O)O)cc1OC. The molecule has 3 aromatic rings. The van der Waals surface area contributed by atoms with Gasteiger partial charge in [0.25, 0.3) is 0 Å². The van der Waals surface area contributed by atoms with Crippen LogP contribution in [0.5, 0.6) is 11.5 Å². The van der Waals surface area contributed by atoms with Gasteiger partial charge in [-0.15, -0.1) is 0 Å². The van der Waals surface area contributed by atoms with Crippen LogP contribution in [-0.2, 0) is 27.5 Å². The Bertz CT molecular complexity index is 1240. The van der Waals surface area contributed by atoms with Gasteiger partial charge in [0.05, 0.1) is 30.3 Å². The smallest absolute Gasteiger partial charge is 0.307 e. The second-order valence-corrected chi connectivity index (χ2v) is 11.7. The Morgan fingerprint density at radius 2 is 1.26 bits per heavy atom. The second-order valence-electron chi connectivity index (χ2n) is 9.51. The number of aryl methyl sites for hydroxylation is 2. The van der Waals surface area contributed by atoms with Crippen molar-refractivity contribution in [3.63, 3.8) is 0 Å². The highest BCUT2D eigenvalue weighted by Gasteiger charge is 2.38. The molecule has 0 aliphatic rings. The molecular formula is C31H38O6S. The molecule has 1 N–H and O–H groups in total. The molecule has 0 saturated carbocycles. The Kier molecular flexibility index (Phi) is 11.2. The number of carboxylic acid groups (broad SMARTS) is 1. The fourth-order valence-corrected chi connectivity index (χ4v) is 6.91. The Morgan fingerprint density at radius 3 is 1.76 bits per heavy atom. The fraction of sp³-hybridized carbons (Fsp3) is 0.387. The van der Waals surface area contributed by atoms with Crippen molar-refractivity contribution in [2.24, 2.45) is 5.92 Å². The maximum Gasteiger partial charge on any atom is 0.307 e. The summed E-state index contributed by atoms with van der Waals surface area (Å²) in [5.41, 5.74) is 2.37. The fourth-order valence-electron chi connectivity index (χ4n) is 4.87. The highest BCUT2D eigenvalue weighted by atomic mass is 32.2. The summed E-state index contributed by atoms with van der Waals surface area (Å²) in [6, 6.07) is 24.5. The predicted octanol–water partition coefficient (Wildman–Crippen LogP) is 6.37. The molecule has 0 bridgehead atoms. The number of carboxylic acids is 1. The van der Waals surface area contributed by atoms with Gasteiger partial charge in [-0.3, -0.25) is 4.79 Å². The van der Waals surface area contributed by atoms with Crippen LogP contribution in [0.25, 0.3) is 0 Å². The standard InChI is InChI=1S/C31H38O6S/c1-36-28-22-21-26(23-29(28)37-2)38(34,35)30(20-12-10-18-25-15-7-4-8-16-25)27(31(32)33)19-11-9-17-24-13-5-3-6-14-24/h3-8,13-16,21-23,27,30H,9-12,17-20H2,1-2H3,(H,32,33). The monoisotopic (exact) mass is 538 g/mol. The Balaban J connectivity index is 1.79. The zero-order valence-corrected chi connectivity index (χ0v) is 23.0. The van der Waals surface area contributed by atoms with Gasteiger partial charge in [0.15, 0.2) is 21.3 Å². The third-order valence-corrected chi connectivity index (χ3v) is 9.24. The van der Waals surface area contributed by atoms with Gasteiger partial charge in [0.1, 0.15) is 0 Å². The number of aliphatic carboxylic acids is 1. The molecule has 0 amide bonds. The van der Waals surface area contributed by atoms with E-state index in [4.69, 9.17) is 9.47 Å². The molecule has 0 aliphatic carbocycles. The summed E-state index contributed by atoms with van der Waals surface area (Å²) >= 11 is 0. The average Bonchev–Trinajstić information content (AvgIpc) is 2.94. The molecule has 2 unspecified atom stereocenters. The van der Waals surface area contributed by atoms with Crippen LogP contribution in [0.2, 0.25) is 0 Å². The van der Waals surface area contributed by atoms with Crippen LogP contribution in [-0.4, -0.2) is 39.0 Å². The van der Waals surface area contributed by atoms with E-state index in [1.165, 1.54) is 37.5 Å². The van der Waals surface area contributed by atoms with E-state index in [-0.39, 0.29) is 11.3 Å². The molecule has 0 aliphatic heterocycles. The van der Waals surface area contributed by atoms with Gasteiger partial charge in [-0.1, -0.05) is 73.5 Å². The number of sulfone groups is 1. The number of carbonyl (C=O) groups is 1. The molecule has 0 aromatic heterocycles. The zero-order chi connectivity index (χ0) is 27.4. The molecule has 0 fully saturated rings. The quantitative estimate of drug-likeness (QED) is 0.213. The van der Waals surface area contributed by atoms with Crippen molar-refractivity contribution in [2.75, 3.05) is 14.2 Å². The third-order valence-electron chi connectivity index (χ3n) is 6.97. The lowest BCUT2D eigenvalue weighted by atomic mass is 9.93. The van der Waals surface area contributed by atoms with Gasteiger partial charge in [0.2, 0.25) is 0 Å². The average molecular weight is 539 g/mol.